The fourth-order valence-corrected chi connectivity index (χ4v) is 2.61. The first-order valence-electron chi connectivity index (χ1n) is 6.48. The highest BCUT2D eigenvalue weighted by Gasteiger charge is 2.25. The molecule has 1 amide bonds. The molecule has 1 atom stereocenters. The van der Waals surface area contributed by atoms with Gasteiger partial charge in [0.25, 0.3) is 0 Å². The van der Waals surface area contributed by atoms with Crippen LogP contribution in [0.2, 0.25) is 0 Å². The lowest BCUT2D eigenvalue weighted by atomic mass is 10.2. The molecule has 0 bridgehead atoms. The molecule has 18 heavy (non-hydrogen) atoms. The van der Waals surface area contributed by atoms with Gasteiger partial charge in [-0.05, 0) is 31.9 Å². The summed E-state index contributed by atoms with van der Waals surface area (Å²) in [5, 5.41) is 0. The number of para-hydroxylation sites is 2. The van der Waals surface area contributed by atoms with Crippen LogP contribution in [0.25, 0.3) is 11.0 Å². The topological polar surface area (TPSA) is 38.1 Å². The maximum atomic E-state index is 12.4. The Balaban J connectivity index is 1.91. The minimum Gasteiger partial charge on any atom is -0.341 e. The monoisotopic (exact) mass is 243 g/mol. The standard InChI is InChI=1S/C14H17N3O/c1-11(14(18)16-8-4-5-9-16)17-10-15-12-6-2-3-7-13(12)17/h2-3,6-7,10-11H,4-5,8-9H2,1H3/t11-/m1/s1. The molecule has 3 rings (SSSR count). The number of imidazole rings is 1. The number of likely N-dealkylation sites (tertiary alicyclic amines) is 1. The summed E-state index contributed by atoms with van der Waals surface area (Å²) in [6.45, 7) is 3.75. The summed E-state index contributed by atoms with van der Waals surface area (Å²) in [6, 6.07) is 7.75. The molecule has 0 radical (unpaired) electrons. The number of aromatic nitrogens is 2. The van der Waals surface area contributed by atoms with Crippen LogP contribution in [0.3, 0.4) is 0 Å². The summed E-state index contributed by atoms with van der Waals surface area (Å²) in [5.41, 5.74) is 1.97. The number of hydrogen-bond donors (Lipinski definition) is 0. The Morgan fingerprint density at radius 1 is 1.28 bits per heavy atom. The summed E-state index contributed by atoms with van der Waals surface area (Å²) in [6.07, 6.45) is 4.02. The zero-order chi connectivity index (χ0) is 12.5. The van der Waals surface area contributed by atoms with E-state index in [0.717, 1.165) is 37.0 Å². The molecule has 1 fully saturated rings. The zero-order valence-corrected chi connectivity index (χ0v) is 10.5. The highest BCUT2D eigenvalue weighted by molar-refractivity contribution is 5.83. The molecule has 1 aliphatic heterocycles. The summed E-state index contributed by atoms with van der Waals surface area (Å²) in [4.78, 5) is 18.7. The third-order valence-corrected chi connectivity index (χ3v) is 3.67. The van der Waals surface area contributed by atoms with E-state index in [1.165, 1.54) is 0 Å². The Hall–Kier alpha value is -1.84. The third kappa shape index (κ3) is 1.78. The van der Waals surface area contributed by atoms with Gasteiger partial charge in [-0.3, -0.25) is 4.79 Å². The van der Waals surface area contributed by atoms with Gasteiger partial charge < -0.3 is 9.47 Å². The fraction of sp³-hybridized carbons (Fsp3) is 0.429. The van der Waals surface area contributed by atoms with Crippen molar-refractivity contribution in [1.29, 1.82) is 0 Å². The molecular formula is C14H17N3O. The summed E-state index contributed by atoms with van der Waals surface area (Å²) in [5.74, 6) is 0.204. The first-order valence-corrected chi connectivity index (χ1v) is 6.48. The predicted octanol–water partition coefficient (Wildman–Crippen LogP) is 2.22. The minimum absolute atomic E-state index is 0.171. The minimum atomic E-state index is -0.171. The third-order valence-electron chi connectivity index (χ3n) is 3.67. The smallest absolute Gasteiger partial charge is 0.245 e. The number of carbonyl (C=O) groups excluding carboxylic acids is 1. The van der Waals surface area contributed by atoms with Crippen LogP contribution in [0.5, 0.6) is 0 Å². The van der Waals surface area contributed by atoms with Crippen LogP contribution < -0.4 is 0 Å². The second kappa shape index (κ2) is 4.44. The van der Waals surface area contributed by atoms with E-state index in [2.05, 4.69) is 4.98 Å². The highest BCUT2D eigenvalue weighted by atomic mass is 16.2. The Kier molecular flexibility index (Phi) is 2.78. The predicted molar refractivity (Wildman–Crippen MR) is 70.3 cm³/mol. The number of hydrogen-bond acceptors (Lipinski definition) is 2. The van der Waals surface area contributed by atoms with E-state index in [1.807, 2.05) is 40.7 Å². The lowest BCUT2D eigenvalue weighted by Gasteiger charge is -2.21. The van der Waals surface area contributed by atoms with Gasteiger partial charge in [-0.15, -0.1) is 0 Å². The molecule has 4 heteroatoms. The molecular weight excluding hydrogens is 226 g/mol. The van der Waals surface area contributed by atoms with E-state index in [-0.39, 0.29) is 11.9 Å². The molecule has 1 aliphatic rings. The van der Waals surface area contributed by atoms with Crippen molar-refractivity contribution in [1.82, 2.24) is 14.5 Å². The Bertz CT molecular complexity index is 569. The van der Waals surface area contributed by atoms with E-state index in [4.69, 9.17) is 0 Å². The average Bonchev–Trinajstić information content (AvgIpc) is 3.06. The first-order chi connectivity index (χ1) is 8.77. The molecule has 2 aromatic rings. The van der Waals surface area contributed by atoms with E-state index in [0.29, 0.717) is 0 Å². The van der Waals surface area contributed by atoms with Crippen molar-refractivity contribution in [2.24, 2.45) is 0 Å². The highest BCUT2D eigenvalue weighted by Crippen LogP contribution is 2.20. The number of benzene rings is 1. The molecule has 0 unspecified atom stereocenters. The number of nitrogens with zero attached hydrogens (tertiary/aromatic N) is 3. The van der Waals surface area contributed by atoms with Crippen molar-refractivity contribution in [3.8, 4) is 0 Å². The molecule has 4 nitrogen and oxygen atoms in total. The van der Waals surface area contributed by atoms with Gasteiger partial charge >= 0.3 is 0 Å². The van der Waals surface area contributed by atoms with E-state index < -0.39 is 0 Å². The number of amides is 1. The van der Waals surface area contributed by atoms with Gasteiger partial charge in [0.15, 0.2) is 0 Å². The maximum absolute atomic E-state index is 12.4. The van der Waals surface area contributed by atoms with Gasteiger partial charge in [-0.2, -0.15) is 0 Å². The van der Waals surface area contributed by atoms with Gasteiger partial charge in [0.05, 0.1) is 17.4 Å². The van der Waals surface area contributed by atoms with Crippen molar-refractivity contribution in [3.63, 3.8) is 0 Å². The second-order valence-electron chi connectivity index (χ2n) is 4.85. The lowest BCUT2D eigenvalue weighted by Crippen LogP contribution is -2.33. The average molecular weight is 243 g/mol. The molecule has 2 heterocycles. The maximum Gasteiger partial charge on any atom is 0.245 e. The molecule has 0 N–H and O–H groups in total. The van der Waals surface area contributed by atoms with Crippen molar-refractivity contribution in [2.75, 3.05) is 13.1 Å². The molecule has 1 saturated heterocycles. The Labute approximate surface area is 106 Å². The summed E-state index contributed by atoms with van der Waals surface area (Å²) >= 11 is 0. The summed E-state index contributed by atoms with van der Waals surface area (Å²) in [7, 11) is 0. The van der Waals surface area contributed by atoms with Gasteiger partial charge in [0.1, 0.15) is 6.04 Å². The quantitative estimate of drug-likeness (QED) is 0.811. The number of fused-ring (bicyclic) bond motifs is 1. The van der Waals surface area contributed by atoms with Crippen LogP contribution in [0, 0.1) is 0 Å². The van der Waals surface area contributed by atoms with Crippen LogP contribution in [0.4, 0.5) is 0 Å². The van der Waals surface area contributed by atoms with Crippen LogP contribution in [-0.2, 0) is 4.79 Å². The zero-order valence-electron chi connectivity index (χ0n) is 10.5. The fourth-order valence-electron chi connectivity index (χ4n) is 2.61. The van der Waals surface area contributed by atoms with Crippen LogP contribution in [-0.4, -0.2) is 33.4 Å². The summed E-state index contributed by atoms with van der Waals surface area (Å²) < 4.78 is 1.97. The lowest BCUT2D eigenvalue weighted by molar-refractivity contribution is -0.133. The van der Waals surface area contributed by atoms with E-state index in [9.17, 15) is 4.79 Å². The van der Waals surface area contributed by atoms with Gasteiger partial charge in [-0.1, -0.05) is 12.1 Å². The Morgan fingerprint density at radius 3 is 2.78 bits per heavy atom. The van der Waals surface area contributed by atoms with Gasteiger partial charge in [-0.25, -0.2) is 4.98 Å². The largest absolute Gasteiger partial charge is 0.341 e. The molecule has 1 aromatic heterocycles. The molecule has 0 aliphatic carbocycles. The van der Waals surface area contributed by atoms with Crippen LogP contribution >= 0.6 is 0 Å². The van der Waals surface area contributed by atoms with Crippen molar-refractivity contribution in [2.45, 2.75) is 25.8 Å². The van der Waals surface area contributed by atoms with Crippen molar-refractivity contribution < 1.29 is 4.79 Å². The normalized spacial score (nSPS) is 17.3. The van der Waals surface area contributed by atoms with E-state index in [1.54, 1.807) is 6.33 Å². The number of carbonyl (C=O) groups is 1. The van der Waals surface area contributed by atoms with Gasteiger partial charge in [0, 0.05) is 13.1 Å². The SMILES string of the molecule is C[C@H](C(=O)N1CCCC1)n1cnc2ccccc21. The first kappa shape index (κ1) is 11.3. The molecule has 0 saturated carbocycles. The van der Waals surface area contributed by atoms with Crippen molar-refractivity contribution in [3.05, 3.63) is 30.6 Å². The van der Waals surface area contributed by atoms with Crippen LogP contribution in [0.15, 0.2) is 30.6 Å². The van der Waals surface area contributed by atoms with Crippen LogP contribution in [0.1, 0.15) is 25.8 Å². The molecule has 94 valence electrons. The molecule has 1 aromatic carbocycles. The van der Waals surface area contributed by atoms with Crippen molar-refractivity contribution >= 4 is 16.9 Å². The second-order valence-corrected chi connectivity index (χ2v) is 4.85. The van der Waals surface area contributed by atoms with Gasteiger partial charge in [0.2, 0.25) is 5.91 Å². The Morgan fingerprint density at radius 2 is 2.00 bits per heavy atom. The number of rotatable bonds is 2. The molecule has 0 spiro atoms. The van der Waals surface area contributed by atoms with E-state index >= 15 is 0 Å².